The number of anilines is 2. The van der Waals surface area contributed by atoms with Gasteiger partial charge in [0, 0.05) is 31.5 Å². The van der Waals surface area contributed by atoms with Crippen molar-refractivity contribution in [2.24, 2.45) is 0 Å². The number of benzene rings is 1. The van der Waals surface area contributed by atoms with Crippen molar-refractivity contribution >= 4 is 23.2 Å². The summed E-state index contributed by atoms with van der Waals surface area (Å²) in [5, 5.41) is 3.16. The molecule has 0 saturated carbocycles. The number of carbonyl (C=O) groups is 2. The molecule has 0 spiro atoms. The number of imide groups is 1. The SMILES string of the molecule is CC(C)N1C(=O)CC(Nc2cccc(N(C)C)c2)C1=O. The zero-order chi connectivity index (χ0) is 14.9. The van der Waals surface area contributed by atoms with Crippen LogP contribution >= 0.6 is 0 Å². The summed E-state index contributed by atoms with van der Waals surface area (Å²) in [7, 11) is 3.92. The lowest BCUT2D eigenvalue weighted by atomic mass is 10.2. The summed E-state index contributed by atoms with van der Waals surface area (Å²) in [6.45, 7) is 3.70. The van der Waals surface area contributed by atoms with Gasteiger partial charge in [-0.1, -0.05) is 6.07 Å². The highest BCUT2D eigenvalue weighted by Gasteiger charge is 2.39. The summed E-state index contributed by atoms with van der Waals surface area (Å²) < 4.78 is 0. The molecule has 0 bridgehead atoms. The summed E-state index contributed by atoms with van der Waals surface area (Å²) >= 11 is 0. The van der Waals surface area contributed by atoms with Crippen molar-refractivity contribution in [2.45, 2.75) is 32.4 Å². The highest BCUT2D eigenvalue weighted by atomic mass is 16.2. The third kappa shape index (κ3) is 2.76. The normalized spacial score (nSPS) is 18.9. The van der Waals surface area contributed by atoms with Crippen molar-refractivity contribution in [3.05, 3.63) is 24.3 Å². The Morgan fingerprint density at radius 2 is 2.00 bits per heavy atom. The number of carbonyl (C=O) groups excluding carboxylic acids is 2. The maximum Gasteiger partial charge on any atom is 0.252 e. The van der Waals surface area contributed by atoms with Crippen molar-refractivity contribution in [3.8, 4) is 0 Å². The van der Waals surface area contributed by atoms with E-state index in [0.29, 0.717) is 0 Å². The van der Waals surface area contributed by atoms with Crippen LogP contribution in [0.15, 0.2) is 24.3 Å². The molecule has 1 unspecified atom stereocenters. The molecule has 1 heterocycles. The molecule has 1 atom stereocenters. The van der Waals surface area contributed by atoms with Gasteiger partial charge in [-0.2, -0.15) is 0 Å². The minimum Gasteiger partial charge on any atom is -0.378 e. The van der Waals surface area contributed by atoms with E-state index in [4.69, 9.17) is 0 Å². The third-order valence-electron chi connectivity index (χ3n) is 3.40. The van der Waals surface area contributed by atoms with E-state index < -0.39 is 6.04 Å². The van der Waals surface area contributed by atoms with E-state index in [0.717, 1.165) is 11.4 Å². The molecule has 5 heteroatoms. The molecule has 1 saturated heterocycles. The topological polar surface area (TPSA) is 52.7 Å². The molecule has 20 heavy (non-hydrogen) atoms. The van der Waals surface area contributed by atoms with Crippen LogP contribution in [0.1, 0.15) is 20.3 Å². The maximum absolute atomic E-state index is 12.2. The van der Waals surface area contributed by atoms with E-state index in [1.54, 1.807) is 0 Å². The number of nitrogens with zero attached hydrogens (tertiary/aromatic N) is 2. The van der Waals surface area contributed by atoms with Gasteiger partial charge in [-0.15, -0.1) is 0 Å². The molecule has 1 aromatic rings. The number of hydrogen-bond acceptors (Lipinski definition) is 4. The monoisotopic (exact) mass is 275 g/mol. The Labute approximate surface area is 119 Å². The summed E-state index contributed by atoms with van der Waals surface area (Å²) in [5.74, 6) is -0.244. The van der Waals surface area contributed by atoms with E-state index >= 15 is 0 Å². The minimum atomic E-state index is -0.456. The standard InChI is InChI=1S/C15H21N3O2/c1-10(2)18-14(19)9-13(15(18)20)16-11-6-5-7-12(8-11)17(3)4/h5-8,10,13,16H,9H2,1-4H3. The van der Waals surface area contributed by atoms with Gasteiger partial charge in [0.25, 0.3) is 5.91 Å². The first-order valence-corrected chi connectivity index (χ1v) is 6.80. The van der Waals surface area contributed by atoms with E-state index in [2.05, 4.69) is 5.32 Å². The predicted molar refractivity (Wildman–Crippen MR) is 79.8 cm³/mol. The molecule has 1 aromatic carbocycles. The van der Waals surface area contributed by atoms with Gasteiger partial charge in [-0.05, 0) is 32.0 Å². The van der Waals surface area contributed by atoms with Crippen molar-refractivity contribution < 1.29 is 9.59 Å². The molecule has 108 valence electrons. The Morgan fingerprint density at radius 3 is 2.55 bits per heavy atom. The van der Waals surface area contributed by atoms with Gasteiger partial charge in [0.2, 0.25) is 5.91 Å². The van der Waals surface area contributed by atoms with Crippen LogP contribution in [0.25, 0.3) is 0 Å². The number of amides is 2. The van der Waals surface area contributed by atoms with Gasteiger partial charge in [-0.3, -0.25) is 14.5 Å². The lowest BCUT2D eigenvalue weighted by Gasteiger charge is -2.20. The van der Waals surface area contributed by atoms with Crippen molar-refractivity contribution in [2.75, 3.05) is 24.3 Å². The van der Waals surface area contributed by atoms with Gasteiger partial charge in [-0.25, -0.2) is 0 Å². The van der Waals surface area contributed by atoms with Crippen LogP contribution in [-0.4, -0.2) is 42.9 Å². The van der Waals surface area contributed by atoms with Gasteiger partial charge < -0.3 is 10.2 Å². The molecule has 5 nitrogen and oxygen atoms in total. The van der Waals surface area contributed by atoms with E-state index in [1.165, 1.54) is 4.90 Å². The lowest BCUT2D eigenvalue weighted by molar-refractivity contribution is -0.140. The Balaban J connectivity index is 2.13. The van der Waals surface area contributed by atoms with Gasteiger partial charge in [0.15, 0.2) is 0 Å². The molecule has 0 aliphatic carbocycles. The Kier molecular flexibility index (Phi) is 3.97. The molecule has 1 fully saturated rings. The van der Waals surface area contributed by atoms with Crippen LogP contribution in [0.5, 0.6) is 0 Å². The number of hydrogen-bond donors (Lipinski definition) is 1. The second kappa shape index (κ2) is 5.53. The minimum absolute atomic E-state index is 0.0880. The van der Waals surface area contributed by atoms with Crippen LogP contribution < -0.4 is 10.2 Å². The third-order valence-corrected chi connectivity index (χ3v) is 3.40. The fourth-order valence-electron chi connectivity index (χ4n) is 2.38. The van der Waals surface area contributed by atoms with Crippen molar-refractivity contribution in [3.63, 3.8) is 0 Å². The fraction of sp³-hybridized carbons (Fsp3) is 0.467. The summed E-state index contributed by atoms with van der Waals surface area (Å²) in [5.41, 5.74) is 1.90. The van der Waals surface area contributed by atoms with E-state index in [-0.39, 0.29) is 24.3 Å². The van der Waals surface area contributed by atoms with Crippen molar-refractivity contribution in [1.82, 2.24) is 4.90 Å². The molecular weight excluding hydrogens is 254 g/mol. The summed E-state index contributed by atoms with van der Waals surface area (Å²) in [6.07, 6.45) is 0.225. The van der Waals surface area contributed by atoms with Crippen LogP contribution in [0.2, 0.25) is 0 Å². The van der Waals surface area contributed by atoms with Crippen LogP contribution in [0, 0.1) is 0 Å². The Hall–Kier alpha value is -2.04. The zero-order valence-electron chi connectivity index (χ0n) is 12.4. The second-order valence-electron chi connectivity index (χ2n) is 5.54. The first-order chi connectivity index (χ1) is 9.40. The van der Waals surface area contributed by atoms with Gasteiger partial charge >= 0.3 is 0 Å². The van der Waals surface area contributed by atoms with Crippen molar-refractivity contribution in [1.29, 1.82) is 0 Å². The molecule has 0 radical (unpaired) electrons. The smallest absolute Gasteiger partial charge is 0.252 e. The van der Waals surface area contributed by atoms with Gasteiger partial charge in [0.1, 0.15) is 6.04 Å². The first kappa shape index (κ1) is 14.4. The van der Waals surface area contributed by atoms with E-state index in [9.17, 15) is 9.59 Å². The van der Waals surface area contributed by atoms with Crippen LogP contribution in [-0.2, 0) is 9.59 Å². The highest BCUT2D eigenvalue weighted by molar-refractivity contribution is 6.07. The maximum atomic E-state index is 12.2. The van der Waals surface area contributed by atoms with E-state index in [1.807, 2.05) is 57.1 Å². The predicted octanol–water partition coefficient (Wildman–Crippen LogP) is 1.70. The summed E-state index contributed by atoms with van der Waals surface area (Å²) in [6, 6.07) is 7.25. The van der Waals surface area contributed by atoms with Crippen LogP contribution in [0.3, 0.4) is 0 Å². The number of likely N-dealkylation sites (tertiary alicyclic amines) is 1. The molecule has 1 aliphatic heterocycles. The molecule has 1 N–H and O–H groups in total. The number of rotatable bonds is 4. The first-order valence-electron chi connectivity index (χ1n) is 6.80. The highest BCUT2D eigenvalue weighted by Crippen LogP contribution is 2.23. The fourth-order valence-corrected chi connectivity index (χ4v) is 2.38. The quantitative estimate of drug-likeness (QED) is 0.850. The second-order valence-corrected chi connectivity index (χ2v) is 5.54. The van der Waals surface area contributed by atoms with Crippen LogP contribution in [0.4, 0.5) is 11.4 Å². The lowest BCUT2D eigenvalue weighted by Crippen LogP contribution is -2.39. The molecule has 0 aromatic heterocycles. The zero-order valence-corrected chi connectivity index (χ0v) is 12.4. The molecule has 2 amide bonds. The number of nitrogens with one attached hydrogen (secondary N) is 1. The Morgan fingerprint density at radius 1 is 1.30 bits per heavy atom. The largest absolute Gasteiger partial charge is 0.378 e. The molecular formula is C15H21N3O2. The molecule has 1 aliphatic rings. The Bertz CT molecular complexity index is 526. The average Bonchev–Trinajstić information content (AvgIpc) is 2.64. The summed E-state index contributed by atoms with van der Waals surface area (Å²) in [4.78, 5) is 27.4. The molecule has 2 rings (SSSR count). The average molecular weight is 275 g/mol. The van der Waals surface area contributed by atoms with Gasteiger partial charge in [0.05, 0.1) is 6.42 Å².